The number of primary amides is 2. The van der Waals surface area contributed by atoms with Crippen molar-refractivity contribution in [2.45, 2.75) is 51.4 Å². The number of aliphatic carboxylic acids is 1. The lowest BCUT2D eigenvalue weighted by Gasteiger charge is -2.19. The van der Waals surface area contributed by atoms with Crippen LogP contribution in [0.2, 0.25) is 0 Å². The third-order valence-corrected chi connectivity index (χ3v) is 4.24. The van der Waals surface area contributed by atoms with Crippen molar-refractivity contribution in [1.82, 2.24) is 15.6 Å². The second kappa shape index (κ2) is 14.3. The zero-order valence-corrected chi connectivity index (χ0v) is 18.8. The van der Waals surface area contributed by atoms with Crippen LogP contribution in [0.3, 0.4) is 0 Å². The van der Waals surface area contributed by atoms with Crippen molar-refractivity contribution < 1.29 is 47.0 Å². The summed E-state index contributed by atoms with van der Waals surface area (Å²) >= 11 is 0. The Balaban J connectivity index is 0.00000143. The van der Waals surface area contributed by atoms with Gasteiger partial charge in [0.2, 0.25) is 23.6 Å². The first-order valence-electron chi connectivity index (χ1n) is 9.93. The summed E-state index contributed by atoms with van der Waals surface area (Å²) in [6, 6.07) is 1.36. The number of hydrogen-bond acceptors (Lipinski definition) is 7. The number of carboxylic acid groups (broad SMARTS) is 1. The van der Waals surface area contributed by atoms with E-state index in [2.05, 4.69) is 15.6 Å². The monoisotopic (exact) mass is 505 g/mol. The predicted molar refractivity (Wildman–Crippen MR) is 113 cm³/mol. The fourth-order valence-corrected chi connectivity index (χ4v) is 2.37. The molecule has 12 nitrogen and oxygen atoms in total. The van der Waals surface area contributed by atoms with Crippen molar-refractivity contribution >= 4 is 35.4 Å². The first-order valence-corrected chi connectivity index (χ1v) is 9.93. The van der Waals surface area contributed by atoms with Gasteiger partial charge in [-0.05, 0) is 24.6 Å². The molecule has 0 unspecified atom stereocenters. The molecule has 7 N–H and O–H groups in total. The summed E-state index contributed by atoms with van der Waals surface area (Å²) in [5, 5.41) is 12.0. The van der Waals surface area contributed by atoms with Crippen molar-refractivity contribution in [3.63, 3.8) is 0 Å². The Morgan fingerprint density at radius 1 is 1.00 bits per heavy atom. The number of hydrogen-bond donors (Lipinski definition) is 5. The van der Waals surface area contributed by atoms with Gasteiger partial charge in [-0.1, -0.05) is 6.92 Å². The third kappa shape index (κ3) is 13.3. The van der Waals surface area contributed by atoms with Gasteiger partial charge >= 0.3 is 12.1 Å². The van der Waals surface area contributed by atoms with Gasteiger partial charge in [-0.15, -0.1) is 0 Å². The summed E-state index contributed by atoms with van der Waals surface area (Å²) in [4.78, 5) is 71.4. The van der Waals surface area contributed by atoms with Crippen molar-refractivity contribution in [1.29, 1.82) is 0 Å². The number of nitrogens with one attached hydrogen (secondary N) is 2. The highest BCUT2D eigenvalue weighted by Crippen LogP contribution is 2.13. The molecule has 0 radical (unpaired) electrons. The third-order valence-electron chi connectivity index (χ3n) is 4.24. The Labute approximate surface area is 197 Å². The summed E-state index contributed by atoms with van der Waals surface area (Å²) in [5.41, 5.74) is 10.9. The van der Waals surface area contributed by atoms with Crippen LogP contribution in [0.1, 0.15) is 32.3 Å². The van der Waals surface area contributed by atoms with Gasteiger partial charge in [0.15, 0.2) is 5.78 Å². The number of amides is 4. The molecule has 35 heavy (non-hydrogen) atoms. The molecule has 0 saturated carbocycles. The van der Waals surface area contributed by atoms with Gasteiger partial charge in [0, 0.05) is 24.7 Å². The Hall–Kier alpha value is -4.04. The van der Waals surface area contributed by atoms with Crippen LogP contribution in [0.15, 0.2) is 24.5 Å². The van der Waals surface area contributed by atoms with Crippen LogP contribution in [0.5, 0.6) is 0 Å². The maximum atomic E-state index is 12.3. The molecule has 0 fully saturated rings. The molecular formula is C20H26F3N5O7. The van der Waals surface area contributed by atoms with E-state index in [-0.39, 0.29) is 24.5 Å². The number of Topliss-reactive ketones (excluding diaryl/α,β-unsaturated/α-hetero) is 1. The fourth-order valence-electron chi connectivity index (χ4n) is 2.37. The van der Waals surface area contributed by atoms with E-state index in [1.807, 2.05) is 0 Å². The zero-order chi connectivity index (χ0) is 27.3. The Kier molecular flexibility index (Phi) is 12.6. The average molecular weight is 505 g/mol. The minimum Gasteiger partial charge on any atom is -0.475 e. The molecule has 0 bridgehead atoms. The van der Waals surface area contributed by atoms with Crippen LogP contribution in [0.4, 0.5) is 13.2 Å². The lowest BCUT2D eigenvalue weighted by atomic mass is 9.99. The lowest BCUT2D eigenvalue weighted by Crippen LogP contribution is -2.48. The zero-order valence-electron chi connectivity index (χ0n) is 18.8. The molecule has 1 aromatic rings. The van der Waals surface area contributed by atoms with Gasteiger partial charge in [-0.2, -0.15) is 13.2 Å². The molecule has 1 rings (SSSR count). The van der Waals surface area contributed by atoms with Crippen LogP contribution < -0.4 is 22.1 Å². The number of nitrogens with two attached hydrogens (primary N) is 2. The van der Waals surface area contributed by atoms with Crippen LogP contribution in [0, 0.1) is 5.92 Å². The van der Waals surface area contributed by atoms with E-state index in [1.165, 1.54) is 13.8 Å². The second-order valence-corrected chi connectivity index (χ2v) is 7.33. The summed E-state index contributed by atoms with van der Waals surface area (Å²) in [6.45, 7) is 3.01. The molecule has 1 heterocycles. The largest absolute Gasteiger partial charge is 0.490 e. The molecule has 1 aromatic heterocycles. The number of carbonyl (C=O) groups is 6. The van der Waals surface area contributed by atoms with Crippen molar-refractivity contribution in [2.24, 2.45) is 17.4 Å². The fraction of sp³-hybridized carbons (Fsp3) is 0.450. The number of ketones is 1. The number of halogens is 3. The van der Waals surface area contributed by atoms with E-state index in [4.69, 9.17) is 21.4 Å². The first kappa shape index (κ1) is 31.0. The molecule has 0 aliphatic carbocycles. The van der Waals surface area contributed by atoms with Crippen molar-refractivity contribution in [2.75, 3.05) is 0 Å². The summed E-state index contributed by atoms with van der Waals surface area (Å²) in [6.07, 6.45) is -2.44. The number of pyridine rings is 1. The highest BCUT2D eigenvalue weighted by molar-refractivity contribution is 5.94. The topological polar surface area (TPSA) is 212 Å². The molecular weight excluding hydrogens is 479 g/mol. The number of aromatic nitrogens is 1. The molecule has 0 aromatic carbocycles. The van der Waals surface area contributed by atoms with Crippen molar-refractivity contribution in [3.05, 3.63) is 30.1 Å². The normalized spacial score (nSPS) is 13.2. The molecule has 0 saturated heterocycles. The molecule has 4 amide bonds. The molecule has 3 atom stereocenters. The molecule has 0 aliphatic heterocycles. The number of alkyl halides is 3. The van der Waals surface area contributed by atoms with E-state index < -0.39 is 54.3 Å². The highest BCUT2D eigenvalue weighted by Gasteiger charge is 2.38. The smallest absolute Gasteiger partial charge is 0.475 e. The van der Waals surface area contributed by atoms with Gasteiger partial charge in [0.25, 0.3) is 0 Å². The van der Waals surface area contributed by atoms with Crippen LogP contribution >= 0.6 is 0 Å². The van der Waals surface area contributed by atoms with Gasteiger partial charge in [-0.25, -0.2) is 4.79 Å². The number of carboxylic acids is 1. The van der Waals surface area contributed by atoms with Gasteiger partial charge in [-0.3, -0.25) is 29.0 Å². The maximum absolute atomic E-state index is 12.3. The van der Waals surface area contributed by atoms with E-state index in [1.54, 1.807) is 24.5 Å². The second-order valence-electron chi connectivity index (χ2n) is 7.33. The highest BCUT2D eigenvalue weighted by atomic mass is 19.4. The standard InChI is InChI=1S/C18H25N5O5.C2HF3O2/c1-10(18(28)23-13(17(20)27)9-15(19)25)7-14(24)11(2)22-16(26)8-12-3-5-21-6-4-12;3-2(4,5)1(6)7/h3-6,10-11,13H,7-9H2,1-2H3,(H2,19,25)(H2,20,27)(H,22,26)(H,23,28);(H,6,7)/t10-,11+,13-;/m0./s1. The average Bonchev–Trinajstić information content (AvgIpc) is 2.72. The molecule has 194 valence electrons. The van der Waals surface area contributed by atoms with E-state index in [0.29, 0.717) is 0 Å². The van der Waals surface area contributed by atoms with E-state index in [9.17, 15) is 37.1 Å². The Bertz CT molecular complexity index is 925. The number of rotatable bonds is 11. The van der Waals surface area contributed by atoms with Crippen LogP contribution in [0.25, 0.3) is 0 Å². The minimum absolute atomic E-state index is 0.101. The van der Waals surface area contributed by atoms with Crippen molar-refractivity contribution in [3.8, 4) is 0 Å². The summed E-state index contributed by atoms with van der Waals surface area (Å²) in [5.74, 6) is -6.54. The molecule has 0 aliphatic rings. The molecule has 15 heteroatoms. The van der Waals surface area contributed by atoms with Gasteiger partial charge < -0.3 is 27.2 Å². The van der Waals surface area contributed by atoms with E-state index in [0.717, 1.165) is 5.56 Å². The Morgan fingerprint density at radius 3 is 1.94 bits per heavy atom. The first-order chi connectivity index (χ1) is 16.0. The molecule has 0 spiro atoms. The van der Waals surface area contributed by atoms with Gasteiger partial charge in [0.1, 0.15) is 6.04 Å². The number of nitrogens with zero attached hydrogens (tertiary/aromatic N) is 1. The minimum atomic E-state index is -5.08. The summed E-state index contributed by atoms with van der Waals surface area (Å²) in [7, 11) is 0. The van der Waals surface area contributed by atoms with Gasteiger partial charge in [0.05, 0.1) is 18.9 Å². The number of carbonyl (C=O) groups excluding carboxylic acids is 5. The van der Waals surface area contributed by atoms with Crippen LogP contribution in [-0.4, -0.2) is 63.7 Å². The quantitative estimate of drug-likeness (QED) is 0.256. The predicted octanol–water partition coefficient (Wildman–Crippen LogP) is -0.797. The van der Waals surface area contributed by atoms with Crippen LogP contribution in [-0.2, 0) is 35.2 Å². The maximum Gasteiger partial charge on any atom is 0.490 e. The van der Waals surface area contributed by atoms with E-state index >= 15 is 0 Å². The summed E-state index contributed by atoms with van der Waals surface area (Å²) < 4.78 is 31.7. The lowest BCUT2D eigenvalue weighted by molar-refractivity contribution is -0.192. The SMILES string of the molecule is C[C@@H](CC(=O)[C@@H](C)NC(=O)Cc1ccncc1)C(=O)N[C@@H](CC(N)=O)C(N)=O.O=C(O)C(F)(F)F. The Morgan fingerprint density at radius 2 is 1.51 bits per heavy atom.